The average molecular weight is 273 g/mol. The number of nitrogens with one attached hydrogen (secondary N) is 1. The average Bonchev–Trinajstić information content (AvgIpc) is 3.28. The molecule has 2 aliphatic rings. The highest BCUT2D eigenvalue weighted by atomic mass is 15.2. The smallest absolute Gasteiger partial charge is 0.131 e. The summed E-state index contributed by atoms with van der Waals surface area (Å²) in [6, 6.07) is 3.59. The van der Waals surface area contributed by atoms with Crippen molar-refractivity contribution in [3.63, 3.8) is 0 Å². The van der Waals surface area contributed by atoms with Gasteiger partial charge in [0.25, 0.3) is 0 Å². The number of hydrogen-bond donors (Lipinski definition) is 1. The molecule has 0 atom stereocenters. The van der Waals surface area contributed by atoms with Crippen LogP contribution in [0.2, 0.25) is 0 Å². The quantitative estimate of drug-likeness (QED) is 0.826. The molecule has 0 aliphatic heterocycles. The molecule has 0 aromatic carbocycles. The van der Waals surface area contributed by atoms with Gasteiger partial charge in [-0.25, -0.2) is 4.98 Å². The second-order valence-electron chi connectivity index (χ2n) is 6.83. The fraction of sp³-hybridized carbons (Fsp3) is 0.706. The maximum atomic E-state index is 4.76. The van der Waals surface area contributed by atoms with Crippen molar-refractivity contribution in [1.29, 1.82) is 0 Å². The van der Waals surface area contributed by atoms with E-state index in [1.165, 1.54) is 49.2 Å². The standard InChI is InChI=1S/C17H27N3/c1-12(2)20(11-14-4-5-14)17-13(3)8-15(10-19-17)9-18-16-6-7-16/h8,10,12,14,16,18H,4-7,9,11H2,1-3H3. The zero-order chi connectivity index (χ0) is 14.1. The lowest BCUT2D eigenvalue weighted by molar-refractivity contribution is 0.633. The minimum atomic E-state index is 0.525. The normalized spacial score (nSPS) is 18.6. The van der Waals surface area contributed by atoms with Gasteiger partial charge in [0.2, 0.25) is 0 Å². The van der Waals surface area contributed by atoms with E-state index in [2.05, 4.69) is 43.3 Å². The number of anilines is 1. The van der Waals surface area contributed by atoms with Gasteiger partial charge in [-0.15, -0.1) is 0 Å². The van der Waals surface area contributed by atoms with Crippen LogP contribution in [-0.2, 0) is 6.54 Å². The van der Waals surface area contributed by atoms with Crippen LogP contribution in [-0.4, -0.2) is 23.6 Å². The van der Waals surface area contributed by atoms with E-state index in [4.69, 9.17) is 4.98 Å². The predicted molar refractivity (Wildman–Crippen MR) is 84.0 cm³/mol. The van der Waals surface area contributed by atoms with E-state index in [1.54, 1.807) is 0 Å². The molecule has 0 saturated heterocycles. The van der Waals surface area contributed by atoms with Gasteiger partial charge in [-0.05, 0) is 69.6 Å². The van der Waals surface area contributed by atoms with Gasteiger partial charge >= 0.3 is 0 Å². The van der Waals surface area contributed by atoms with Crippen molar-refractivity contribution >= 4 is 5.82 Å². The van der Waals surface area contributed by atoms with Crippen molar-refractivity contribution in [2.24, 2.45) is 5.92 Å². The summed E-state index contributed by atoms with van der Waals surface area (Å²) in [4.78, 5) is 7.24. The Balaban J connectivity index is 1.69. The molecule has 3 heteroatoms. The third-order valence-electron chi connectivity index (χ3n) is 4.33. The molecular formula is C17H27N3. The molecule has 2 fully saturated rings. The topological polar surface area (TPSA) is 28.2 Å². The zero-order valence-corrected chi connectivity index (χ0v) is 13.0. The minimum absolute atomic E-state index is 0.525. The highest BCUT2D eigenvalue weighted by molar-refractivity contribution is 5.48. The van der Waals surface area contributed by atoms with Crippen molar-refractivity contribution in [2.75, 3.05) is 11.4 Å². The Bertz CT molecular complexity index is 461. The van der Waals surface area contributed by atoms with Crippen LogP contribution >= 0.6 is 0 Å². The van der Waals surface area contributed by atoms with E-state index < -0.39 is 0 Å². The van der Waals surface area contributed by atoms with Crippen LogP contribution in [0.15, 0.2) is 12.3 Å². The molecule has 110 valence electrons. The highest BCUT2D eigenvalue weighted by Crippen LogP contribution is 2.32. The summed E-state index contributed by atoms with van der Waals surface area (Å²) in [5, 5.41) is 3.56. The first-order valence-corrected chi connectivity index (χ1v) is 8.09. The summed E-state index contributed by atoms with van der Waals surface area (Å²) in [5.74, 6) is 2.08. The molecule has 0 unspecified atom stereocenters. The molecule has 0 bridgehead atoms. The number of hydrogen-bond acceptors (Lipinski definition) is 3. The van der Waals surface area contributed by atoms with E-state index in [9.17, 15) is 0 Å². The number of pyridine rings is 1. The molecule has 2 aliphatic carbocycles. The maximum Gasteiger partial charge on any atom is 0.131 e. The van der Waals surface area contributed by atoms with Crippen LogP contribution in [0.4, 0.5) is 5.82 Å². The zero-order valence-electron chi connectivity index (χ0n) is 13.0. The Morgan fingerprint density at radius 1 is 1.30 bits per heavy atom. The Hall–Kier alpha value is -1.09. The molecule has 2 saturated carbocycles. The first-order chi connectivity index (χ1) is 9.63. The monoisotopic (exact) mass is 273 g/mol. The Kier molecular flexibility index (Phi) is 3.97. The van der Waals surface area contributed by atoms with Crippen LogP contribution < -0.4 is 10.2 Å². The lowest BCUT2D eigenvalue weighted by atomic mass is 10.1. The van der Waals surface area contributed by atoms with Gasteiger partial charge < -0.3 is 10.2 Å². The van der Waals surface area contributed by atoms with Gasteiger partial charge in [0.1, 0.15) is 5.82 Å². The molecular weight excluding hydrogens is 246 g/mol. The first-order valence-electron chi connectivity index (χ1n) is 8.09. The fourth-order valence-corrected chi connectivity index (χ4v) is 2.69. The summed E-state index contributed by atoms with van der Waals surface area (Å²) >= 11 is 0. The molecule has 1 aromatic heterocycles. The van der Waals surface area contributed by atoms with Gasteiger partial charge in [0.05, 0.1) is 0 Å². The molecule has 3 rings (SSSR count). The third kappa shape index (κ3) is 3.51. The summed E-state index contributed by atoms with van der Waals surface area (Å²) in [6.45, 7) is 8.87. The second kappa shape index (κ2) is 5.72. The Morgan fingerprint density at radius 2 is 2.05 bits per heavy atom. The SMILES string of the molecule is Cc1cc(CNC2CC2)cnc1N(CC1CC1)C(C)C. The summed E-state index contributed by atoms with van der Waals surface area (Å²) in [6.07, 6.45) is 7.53. The van der Waals surface area contributed by atoms with Crippen molar-refractivity contribution < 1.29 is 0 Å². The predicted octanol–water partition coefficient (Wildman–Crippen LogP) is 3.27. The molecule has 1 heterocycles. The van der Waals surface area contributed by atoms with Gasteiger partial charge in [-0.1, -0.05) is 0 Å². The number of aryl methyl sites for hydroxylation is 1. The number of rotatable bonds is 7. The van der Waals surface area contributed by atoms with Gasteiger partial charge in [0, 0.05) is 31.4 Å². The van der Waals surface area contributed by atoms with E-state index in [0.717, 1.165) is 18.5 Å². The molecule has 1 aromatic rings. The fourth-order valence-electron chi connectivity index (χ4n) is 2.69. The molecule has 3 nitrogen and oxygen atoms in total. The second-order valence-corrected chi connectivity index (χ2v) is 6.83. The van der Waals surface area contributed by atoms with Crippen LogP contribution in [0.5, 0.6) is 0 Å². The van der Waals surface area contributed by atoms with Crippen molar-refractivity contribution in [1.82, 2.24) is 10.3 Å². The highest BCUT2D eigenvalue weighted by Gasteiger charge is 2.27. The molecule has 0 amide bonds. The van der Waals surface area contributed by atoms with Crippen molar-refractivity contribution in [3.05, 3.63) is 23.4 Å². The van der Waals surface area contributed by atoms with Gasteiger partial charge in [-0.3, -0.25) is 0 Å². The largest absolute Gasteiger partial charge is 0.354 e. The molecule has 20 heavy (non-hydrogen) atoms. The number of nitrogens with zero attached hydrogens (tertiary/aromatic N) is 2. The third-order valence-corrected chi connectivity index (χ3v) is 4.33. The number of aromatic nitrogens is 1. The Labute approximate surface area is 122 Å². The van der Waals surface area contributed by atoms with E-state index in [0.29, 0.717) is 6.04 Å². The summed E-state index contributed by atoms with van der Waals surface area (Å²) in [5.41, 5.74) is 2.63. The van der Waals surface area contributed by atoms with Crippen molar-refractivity contribution in [2.45, 2.75) is 65.1 Å². The summed E-state index contributed by atoms with van der Waals surface area (Å²) in [7, 11) is 0. The van der Waals surface area contributed by atoms with E-state index >= 15 is 0 Å². The maximum absolute atomic E-state index is 4.76. The molecule has 0 radical (unpaired) electrons. The van der Waals surface area contributed by atoms with Gasteiger partial charge in [-0.2, -0.15) is 0 Å². The summed E-state index contributed by atoms with van der Waals surface area (Å²) < 4.78 is 0. The lowest BCUT2D eigenvalue weighted by Crippen LogP contribution is -2.34. The van der Waals surface area contributed by atoms with Crippen LogP contribution in [0.3, 0.4) is 0 Å². The van der Waals surface area contributed by atoms with Crippen LogP contribution in [0, 0.1) is 12.8 Å². The van der Waals surface area contributed by atoms with E-state index in [1.807, 2.05) is 0 Å². The lowest BCUT2D eigenvalue weighted by Gasteiger charge is -2.29. The van der Waals surface area contributed by atoms with Gasteiger partial charge in [0.15, 0.2) is 0 Å². The molecule has 1 N–H and O–H groups in total. The van der Waals surface area contributed by atoms with Crippen LogP contribution in [0.1, 0.15) is 50.7 Å². The molecule has 0 spiro atoms. The first kappa shape index (κ1) is 13.9. The van der Waals surface area contributed by atoms with Crippen molar-refractivity contribution in [3.8, 4) is 0 Å². The van der Waals surface area contributed by atoms with Crippen LogP contribution in [0.25, 0.3) is 0 Å². The minimum Gasteiger partial charge on any atom is -0.354 e. The Morgan fingerprint density at radius 3 is 2.60 bits per heavy atom. The van der Waals surface area contributed by atoms with E-state index in [-0.39, 0.29) is 0 Å².